The Morgan fingerprint density at radius 3 is 1.64 bits per heavy atom. The first-order valence-corrected chi connectivity index (χ1v) is 3.12. The van der Waals surface area contributed by atoms with Gasteiger partial charge in [0.15, 0.2) is 0 Å². The molecule has 0 aromatic heterocycles. The van der Waals surface area contributed by atoms with Gasteiger partial charge in [-0.1, -0.05) is 6.92 Å². The lowest BCUT2D eigenvalue weighted by molar-refractivity contribution is -0.137. The molecular weight excluding hydrogens is 172 g/mol. The van der Waals surface area contributed by atoms with Gasteiger partial charge in [-0.25, -0.2) is 0 Å². The highest BCUT2D eigenvalue weighted by atomic mass is 35.5. The fraction of sp³-hybridized carbons (Fsp3) is 0.833. The second kappa shape index (κ2) is 16.3. The Kier molecular flexibility index (Phi) is 25.2. The van der Waals surface area contributed by atoms with E-state index in [1.54, 1.807) is 0 Å². The molecule has 5 heteroatoms. The van der Waals surface area contributed by atoms with Crippen molar-refractivity contribution in [1.29, 1.82) is 0 Å². The Morgan fingerprint density at radius 2 is 1.64 bits per heavy atom. The van der Waals surface area contributed by atoms with Crippen molar-refractivity contribution in [1.82, 2.24) is 0 Å². The van der Waals surface area contributed by atoms with Crippen LogP contribution in [0, 0.1) is 0 Å². The predicted molar refractivity (Wildman–Crippen MR) is 44.0 cm³/mol. The number of rotatable bonds is 3. The molecule has 0 saturated carbocycles. The van der Waals surface area contributed by atoms with Crippen molar-refractivity contribution in [3.05, 3.63) is 0 Å². The zero-order valence-corrected chi connectivity index (χ0v) is 7.30. The summed E-state index contributed by atoms with van der Waals surface area (Å²) in [7, 11) is 0. The molecule has 0 amide bonds. The molecule has 3 N–H and O–H groups in total. The molecule has 0 fully saturated rings. The molecule has 0 radical (unpaired) electrons. The van der Waals surface area contributed by atoms with E-state index in [1.165, 1.54) is 0 Å². The summed E-state index contributed by atoms with van der Waals surface area (Å²) in [5.74, 6) is -0.711. The van der Waals surface area contributed by atoms with E-state index in [-0.39, 0.29) is 25.6 Å². The Bertz CT molecular complexity index is 75.0. The maximum absolute atomic E-state index is 9.60. The van der Waals surface area contributed by atoms with Crippen LogP contribution in [0.4, 0.5) is 0 Å². The third-order valence-corrected chi connectivity index (χ3v) is 0.564. The van der Waals surface area contributed by atoms with Crippen molar-refractivity contribution in [2.24, 2.45) is 0 Å². The van der Waals surface area contributed by atoms with E-state index >= 15 is 0 Å². The Labute approximate surface area is 72.3 Å². The molecule has 4 nitrogen and oxygen atoms in total. The predicted octanol–water partition coefficient (Wildman–Crippen LogP) is 0.264. The molecule has 0 saturated heterocycles. The molecule has 0 aromatic carbocycles. The van der Waals surface area contributed by atoms with E-state index in [1.807, 2.05) is 6.92 Å². The molecule has 0 rings (SSSR count). The fourth-order valence-electron chi connectivity index (χ4n) is 0.214. The number of aliphatic carboxylic acids is 1. The number of hydrogen-bond donors (Lipinski definition) is 3. The fourth-order valence-corrected chi connectivity index (χ4v) is 0.214. The zero-order valence-electron chi connectivity index (χ0n) is 6.49. The molecule has 0 heterocycles. The lowest BCUT2D eigenvalue weighted by Crippen LogP contribution is -1.90. The van der Waals surface area contributed by atoms with Gasteiger partial charge in [0.1, 0.15) is 0 Å². The summed E-state index contributed by atoms with van der Waals surface area (Å²) in [5.41, 5.74) is 0. The molecule has 0 aliphatic carbocycles. The van der Waals surface area contributed by atoms with Crippen LogP contribution in [0.25, 0.3) is 0 Å². The van der Waals surface area contributed by atoms with Crippen LogP contribution in [0.5, 0.6) is 0 Å². The largest absolute Gasteiger partial charge is 0.481 e. The summed E-state index contributed by atoms with van der Waals surface area (Å²) in [6.07, 6.45) is 1.02. The van der Waals surface area contributed by atoms with Crippen LogP contribution in [-0.2, 0) is 4.79 Å². The third kappa shape index (κ3) is 42.2. The summed E-state index contributed by atoms with van der Waals surface area (Å²) in [6, 6.07) is 0. The van der Waals surface area contributed by atoms with Gasteiger partial charge in [0.2, 0.25) is 0 Å². The summed E-state index contributed by atoms with van der Waals surface area (Å²) in [5, 5.41) is 23.2. The average molecular weight is 187 g/mol. The van der Waals surface area contributed by atoms with Crippen molar-refractivity contribution in [2.75, 3.05) is 13.2 Å². The first-order chi connectivity index (χ1) is 4.68. The highest BCUT2D eigenvalue weighted by Crippen LogP contribution is 1.82. The topological polar surface area (TPSA) is 77.8 Å². The Morgan fingerprint density at radius 1 is 1.27 bits per heavy atom. The normalized spacial score (nSPS) is 7.18. The first-order valence-electron chi connectivity index (χ1n) is 3.12. The van der Waals surface area contributed by atoms with Crippen LogP contribution < -0.4 is 0 Å². The highest BCUT2D eigenvalue weighted by molar-refractivity contribution is 5.85. The van der Waals surface area contributed by atoms with E-state index in [4.69, 9.17) is 15.3 Å². The third-order valence-electron chi connectivity index (χ3n) is 0.564. The molecule has 0 atom stereocenters. The molecule has 70 valence electrons. The lowest BCUT2D eigenvalue weighted by Gasteiger charge is -1.79. The summed E-state index contributed by atoms with van der Waals surface area (Å²) >= 11 is 0. The van der Waals surface area contributed by atoms with Crippen molar-refractivity contribution >= 4 is 18.4 Å². The van der Waals surface area contributed by atoms with E-state index < -0.39 is 5.97 Å². The summed E-state index contributed by atoms with van der Waals surface area (Å²) in [6.45, 7) is 1.59. The molecular formula is C6H15ClO4. The molecule has 0 aliphatic heterocycles. The van der Waals surface area contributed by atoms with Crippen LogP contribution in [-0.4, -0.2) is 34.5 Å². The van der Waals surface area contributed by atoms with Gasteiger partial charge in [-0.15, -0.1) is 12.4 Å². The van der Waals surface area contributed by atoms with E-state index in [0.29, 0.717) is 6.42 Å². The lowest BCUT2D eigenvalue weighted by atomic mass is 10.4. The average Bonchev–Trinajstić information content (AvgIpc) is 1.89. The highest BCUT2D eigenvalue weighted by Gasteiger charge is 1.87. The van der Waals surface area contributed by atoms with E-state index in [9.17, 15) is 4.79 Å². The van der Waals surface area contributed by atoms with Crippen molar-refractivity contribution in [2.45, 2.75) is 19.8 Å². The SMILES string of the molecule is CCCC(=O)O.Cl.OCCO. The van der Waals surface area contributed by atoms with Gasteiger partial charge in [-0.05, 0) is 6.42 Å². The summed E-state index contributed by atoms with van der Waals surface area (Å²) < 4.78 is 0. The molecule has 0 unspecified atom stereocenters. The van der Waals surface area contributed by atoms with Crippen LogP contribution in [0.15, 0.2) is 0 Å². The minimum Gasteiger partial charge on any atom is -0.481 e. The van der Waals surface area contributed by atoms with Gasteiger partial charge >= 0.3 is 5.97 Å². The number of hydrogen-bond acceptors (Lipinski definition) is 3. The van der Waals surface area contributed by atoms with Gasteiger partial charge in [0, 0.05) is 6.42 Å². The number of aliphatic hydroxyl groups excluding tert-OH is 2. The number of carbonyl (C=O) groups is 1. The van der Waals surface area contributed by atoms with E-state index in [0.717, 1.165) is 6.42 Å². The van der Waals surface area contributed by atoms with Gasteiger partial charge in [0.05, 0.1) is 13.2 Å². The van der Waals surface area contributed by atoms with Crippen LogP contribution in [0.1, 0.15) is 19.8 Å². The monoisotopic (exact) mass is 186 g/mol. The maximum Gasteiger partial charge on any atom is 0.303 e. The van der Waals surface area contributed by atoms with E-state index in [2.05, 4.69) is 0 Å². The number of carboxylic acids is 1. The quantitative estimate of drug-likeness (QED) is 0.591. The summed E-state index contributed by atoms with van der Waals surface area (Å²) in [4.78, 5) is 9.60. The van der Waals surface area contributed by atoms with Crippen molar-refractivity contribution in [3.63, 3.8) is 0 Å². The number of carboxylic acid groups (broad SMARTS) is 1. The standard InChI is InChI=1S/C4H8O2.C2H6O2.ClH/c1-2-3-4(5)6;3-1-2-4;/h2-3H2,1H3,(H,5,6);3-4H,1-2H2;1H. The first kappa shape index (κ1) is 17.0. The van der Waals surface area contributed by atoms with Gasteiger partial charge in [-0.3, -0.25) is 4.79 Å². The smallest absolute Gasteiger partial charge is 0.303 e. The molecule has 11 heavy (non-hydrogen) atoms. The minimum absolute atomic E-state index is 0. The Hall–Kier alpha value is -0.320. The molecule has 0 spiro atoms. The molecule has 0 aliphatic rings. The van der Waals surface area contributed by atoms with Crippen LogP contribution in [0.2, 0.25) is 0 Å². The van der Waals surface area contributed by atoms with Crippen molar-refractivity contribution in [3.8, 4) is 0 Å². The van der Waals surface area contributed by atoms with Crippen molar-refractivity contribution < 1.29 is 20.1 Å². The number of aliphatic hydroxyl groups is 2. The van der Waals surface area contributed by atoms with Gasteiger partial charge in [-0.2, -0.15) is 0 Å². The van der Waals surface area contributed by atoms with Crippen LogP contribution in [0.3, 0.4) is 0 Å². The van der Waals surface area contributed by atoms with Gasteiger partial charge in [0.25, 0.3) is 0 Å². The minimum atomic E-state index is -0.711. The van der Waals surface area contributed by atoms with Gasteiger partial charge < -0.3 is 15.3 Å². The second-order valence-electron chi connectivity index (χ2n) is 1.59. The maximum atomic E-state index is 9.60. The van der Waals surface area contributed by atoms with Crippen LogP contribution >= 0.6 is 12.4 Å². The number of halogens is 1. The molecule has 0 bridgehead atoms. The molecule has 0 aromatic rings. The zero-order chi connectivity index (χ0) is 8.41. The second-order valence-corrected chi connectivity index (χ2v) is 1.59. The Balaban J connectivity index is -0.000000114.